The van der Waals surface area contributed by atoms with Crippen molar-refractivity contribution in [2.75, 3.05) is 49.5 Å². The van der Waals surface area contributed by atoms with Gasteiger partial charge in [-0.05, 0) is 42.8 Å². The fourth-order valence-corrected chi connectivity index (χ4v) is 5.08. The first kappa shape index (κ1) is 21.1. The normalized spacial score (nSPS) is 14.7. The largest absolute Gasteiger partial charge is 0.369 e. The molecule has 9 heteroatoms. The molecule has 5 rings (SSSR count). The van der Waals surface area contributed by atoms with Gasteiger partial charge in [0.25, 0.3) is 0 Å². The summed E-state index contributed by atoms with van der Waals surface area (Å²) in [6.07, 6.45) is 6.30. The maximum absolute atomic E-state index is 6.03. The standard InChI is InChI=1S/C23H24ClN7S/c24-18-5-3-17(4-6-18)20-15-19-21(32-20)22(29-16-28-19)25-9-2-10-30-11-13-31(14-12-30)23-26-7-1-8-27-23/h1,3-8,15-16H,2,9-14H2,(H,25,28,29). The van der Waals surface area contributed by atoms with Crippen molar-refractivity contribution < 1.29 is 0 Å². The van der Waals surface area contributed by atoms with E-state index in [0.29, 0.717) is 0 Å². The molecule has 0 saturated carbocycles. The van der Waals surface area contributed by atoms with Crippen LogP contribution in [0.15, 0.2) is 55.1 Å². The fourth-order valence-electron chi connectivity index (χ4n) is 3.87. The fraction of sp³-hybridized carbons (Fsp3) is 0.304. The predicted molar refractivity (Wildman–Crippen MR) is 132 cm³/mol. The van der Waals surface area contributed by atoms with Crippen molar-refractivity contribution in [2.45, 2.75) is 6.42 Å². The number of halogens is 1. The van der Waals surface area contributed by atoms with Crippen LogP contribution in [0.1, 0.15) is 6.42 Å². The summed E-state index contributed by atoms with van der Waals surface area (Å²) in [5.74, 6) is 1.74. The Hall–Kier alpha value is -2.81. The van der Waals surface area contributed by atoms with E-state index in [0.717, 1.165) is 78.3 Å². The van der Waals surface area contributed by atoms with E-state index in [1.807, 2.05) is 30.3 Å². The molecular weight excluding hydrogens is 442 g/mol. The average molecular weight is 466 g/mol. The first-order valence-corrected chi connectivity index (χ1v) is 11.9. The molecule has 1 aromatic carbocycles. The van der Waals surface area contributed by atoms with Crippen LogP contribution in [0.3, 0.4) is 0 Å². The van der Waals surface area contributed by atoms with E-state index in [4.69, 9.17) is 11.6 Å². The number of rotatable bonds is 7. The highest BCUT2D eigenvalue weighted by Crippen LogP contribution is 2.35. The summed E-state index contributed by atoms with van der Waals surface area (Å²) in [4.78, 5) is 23.6. The highest BCUT2D eigenvalue weighted by atomic mass is 35.5. The number of anilines is 2. The quantitative estimate of drug-likeness (QED) is 0.405. The number of hydrogen-bond acceptors (Lipinski definition) is 8. The van der Waals surface area contributed by atoms with Crippen molar-refractivity contribution in [1.82, 2.24) is 24.8 Å². The minimum atomic E-state index is 0.742. The molecule has 4 heterocycles. The number of aromatic nitrogens is 4. The molecule has 0 radical (unpaired) electrons. The summed E-state index contributed by atoms with van der Waals surface area (Å²) in [5, 5.41) is 4.26. The van der Waals surface area contributed by atoms with E-state index in [9.17, 15) is 0 Å². The van der Waals surface area contributed by atoms with Crippen LogP contribution in [-0.4, -0.2) is 64.1 Å². The van der Waals surface area contributed by atoms with E-state index < -0.39 is 0 Å². The van der Waals surface area contributed by atoms with Crippen molar-refractivity contribution in [3.05, 3.63) is 60.1 Å². The molecule has 0 atom stereocenters. The van der Waals surface area contributed by atoms with Gasteiger partial charge in [0.1, 0.15) is 12.1 Å². The van der Waals surface area contributed by atoms with Crippen molar-refractivity contribution in [3.8, 4) is 10.4 Å². The van der Waals surface area contributed by atoms with Gasteiger partial charge in [0.05, 0.1) is 10.2 Å². The van der Waals surface area contributed by atoms with Crippen LogP contribution in [0, 0.1) is 0 Å². The van der Waals surface area contributed by atoms with Gasteiger partial charge in [-0.3, -0.25) is 4.90 Å². The number of hydrogen-bond donors (Lipinski definition) is 1. The molecule has 1 N–H and O–H groups in total. The minimum absolute atomic E-state index is 0.742. The lowest BCUT2D eigenvalue weighted by Gasteiger charge is -2.34. The Labute approximate surface area is 196 Å². The molecule has 4 aromatic rings. The number of thiophene rings is 1. The Bertz CT molecular complexity index is 1160. The second kappa shape index (κ2) is 9.77. The van der Waals surface area contributed by atoms with Crippen LogP contribution in [0.4, 0.5) is 11.8 Å². The Morgan fingerprint density at radius 1 is 0.969 bits per heavy atom. The van der Waals surface area contributed by atoms with Gasteiger partial charge >= 0.3 is 0 Å². The maximum atomic E-state index is 6.03. The highest BCUT2D eigenvalue weighted by molar-refractivity contribution is 7.22. The predicted octanol–water partition coefficient (Wildman–Crippen LogP) is 4.43. The lowest BCUT2D eigenvalue weighted by Crippen LogP contribution is -2.47. The van der Waals surface area contributed by atoms with Crippen LogP contribution in [0.25, 0.3) is 20.7 Å². The zero-order valence-electron chi connectivity index (χ0n) is 17.6. The zero-order valence-corrected chi connectivity index (χ0v) is 19.2. The first-order chi connectivity index (χ1) is 15.8. The van der Waals surface area contributed by atoms with E-state index >= 15 is 0 Å². The van der Waals surface area contributed by atoms with Gasteiger partial charge in [0.2, 0.25) is 5.95 Å². The third-order valence-electron chi connectivity index (χ3n) is 5.59. The Morgan fingerprint density at radius 3 is 2.53 bits per heavy atom. The summed E-state index contributed by atoms with van der Waals surface area (Å²) in [6.45, 7) is 5.93. The summed E-state index contributed by atoms with van der Waals surface area (Å²) < 4.78 is 1.09. The molecule has 32 heavy (non-hydrogen) atoms. The van der Waals surface area contributed by atoms with Crippen LogP contribution >= 0.6 is 22.9 Å². The second-order valence-corrected chi connectivity index (χ2v) is 9.20. The lowest BCUT2D eigenvalue weighted by molar-refractivity contribution is 0.256. The second-order valence-electron chi connectivity index (χ2n) is 7.71. The average Bonchev–Trinajstić information content (AvgIpc) is 3.28. The molecule has 7 nitrogen and oxygen atoms in total. The molecular formula is C23H24ClN7S. The van der Waals surface area contributed by atoms with Crippen LogP contribution in [0.2, 0.25) is 5.02 Å². The highest BCUT2D eigenvalue weighted by Gasteiger charge is 2.18. The number of piperazine rings is 1. The Kier molecular flexibility index (Phi) is 6.43. The number of benzene rings is 1. The van der Waals surface area contributed by atoms with Gasteiger partial charge in [-0.1, -0.05) is 23.7 Å². The van der Waals surface area contributed by atoms with Crippen molar-refractivity contribution in [1.29, 1.82) is 0 Å². The third kappa shape index (κ3) is 4.82. The van der Waals surface area contributed by atoms with E-state index in [1.165, 1.54) is 4.88 Å². The monoisotopic (exact) mass is 465 g/mol. The number of nitrogens with one attached hydrogen (secondary N) is 1. The molecule has 0 amide bonds. The number of nitrogens with zero attached hydrogens (tertiary/aromatic N) is 6. The van der Waals surface area contributed by atoms with Gasteiger partial charge in [-0.25, -0.2) is 19.9 Å². The van der Waals surface area contributed by atoms with E-state index in [1.54, 1.807) is 30.1 Å². The molecule has 1 aliphatic rings. The molecule has 1 saturated heterocycles. The van der Waals surface area contributed by atoms with Gasteiger partial charge < -0.3 is 10.2 Å². The molecule has 0 bridgehead atoms. The lowest BCUT2D eigenvalue weighted by atomic mass is 10.2. The molecule has 0 spiro atoms. The molecule has 1 aliphatic heterocycles. The topological polar surface area (TPSA) is 70.1 Å². The summed E-state index contributed by atoms with van der Waals surface area (Å²) in [6, 6.07) is 11.9. The smallest absolute Gasteiger partial charge is 0.225 e. The molecule has 0 aliphatic carbocycles. The molecule has 0 unspecified atom stereocenters. The van der Waals surface area contributed by atoms with Crippen molar-refractivity contribution in [2.24, 2.45) is 0 Å². The minimum Gasteiger partial charge on any atom is -0.369 e. The summed E-state index contributed by atoms with van der Waals surface area (Å²) >= 11 is 7.73. The van der Waals surface area contributed by atoms with Crippen molar-refractivity contribution >= 4 is 44.9 Å². The number of fused-ring (bicyclic) bond motifs is 1. The van der Waals surface area contributed by atoms with Gasteiger partial charge in [-0.15, -0.1) is 11.3 Å². The van der Waals surface area contributed by atoms with Crippen LogP contribution in [-0.2, 0) is 0 Å². The van der Waals surface area contributed by atoms with Gasteiger partial charge in [-0.2, -0.15) is 0 Å². The zero-order chi connectivity index (χ0) is 21.8. The van der Waals surface area contributed by atoms with Crippen molar-refractivity contribution in [3.63, 3.8) is 0 Å². The van der Waals surface area contributed by atoms with E-state index in [-0.39, 0.29) is 0 Å². The molecule has 1 fully saturated rings. The molecule has 3 aromatic heterocycles. The summed E-state index contributed by atoms with van der Waals surface area (Å²) in [5.41, 5.74) is 2.11. The first-order valence-electron chi connectivity index (χ1n) is 10.7. The van der Waals surface area contributed by atoms with E-state index in [2.05, 4.69) is 41.1 Å². The maximum Gasteiger partial charge on any atom is 0.225 e. The summed E-state index contributed by atoms with van der Waals surface area (Å²) in [7, 11) is 0. The Morgan fingerprint density at radius 2 is 1.75 bits per heavy atom. The van der Waals surface area contributed by atoms with Crippen LogP contribution in [0.5, 0.6) is 0 Å². The Balaban J connectivity index is 1.14. The van der Waals surface area contributed by atoms with Gasteiger partial charge in [0, 0.05) is 55.0 Å². The van der Waals surface area contributed by atoms with Gasteiger partial charge in [0.15, 0.2) is 0 Å². The third-order valence-corrected chi connectivity index (χ3v) is 7.02. The SMILES string of the molecule is Clc1ccc(-c2cc3ncnc(NCCCN4CCN(c5ncccn5)CC4)c3s2)cc1. The molecule has 164 valence electrons. The van der Waals surface area contributed by atoms with Crippen LogP contribution < -0.4 is 10.2 Å².